The molecule has 5 heteroatoms. The SMILES string of the molecule is O=C(CCBr)NCC(O)c1ccsc1. The van der Waals surface area contributed by atoms with E-state index in [2.05, 4.69) is 21.2 Å². The molecule has 2 N–H and O–H groups in total. The standard InChI is InChI=1S/C9H12BrNO2S/c10-3-1-9(13)11-5-8(12)7-2-4-14-6-7/h2,4,6,8,12H,1,3,5H2,(H,11,13). The minimum atomic E-state index is -0.597. The summed E-state index contributed by atoms with van der Waals surface area (Å²) in [7, 11) is 0. The minimum absolute atomic E-state index is 0.0452. The fourth-order valence-corrected chi connectivity index (χ4v) is 2.03. The van der Waals surface area contributed by atoms with E-state index in [1.165, 1.54) is 11.3 Å². The number of alkyl halides is 1. The number of thiophene rings is 1. The molecule has 1 heterocycles. The van der Waals surface area contributed by atoms with E-state index in [0.29, 0.717) is 11.8 Å². The Bertz CT molecular complexity index is 276. The van der Waals surface area contributed by atoms with Crippen molar-refractivity contribution in [3.63, 3.8) is 0 Å². The maximum absolute atomic E-state index is 11.1. The van der Waals surface area contributed by atoms with Gasteiger partial charge >= 0.3 is 0 Å². The van der Waals surface area contributed by atoms with Crippen LogP contribution in [0.5, 0.6) is 0 Å². The van der Waals surface area contributed by atoms with Crippen LogP contribution < -0.4 is 5.32 Å². The van der Waals surface area contributed by atoms with Crippen LogP contribution >= 0.6 is 27.3 Å². The molecule has 0 aliphatic rings. The third-order valence-corrected chi connectivity index (χ3v) is 2.84. The summed E-state index contributed by atoms with van der Waals surface area (Å²) in [5.74, 6) is -0.0452. The molecule has 0 aliphatic heterocycles. The molecule has 0 bridgehead atoms. The van der Waals surface area contributed by atoms with Gasteiger partial charge in [0.1, 0.15) is 0 Å². The molecule has 1 aromatic heterocycles. The molecule has 0 aliphatic carbocycles. The summed E-state index contributed by atoms with van der Waals surface area (Å²) in [6.45, 7) is 0.280. The number of carbonyl (C=O) groups excluding carboxylic acids is 1. The van der Waals surface area contributed by atoms with Crippen molar-refractivity contribution < 1.29 is 9.90 Å². The van der Waals surface area contributed by atoms with Crippen molar-refractivity contribution in [2.24, 2.45) is 0 Å². The van der Waals surface area contributed by atoms with Crippen molar-refractivity contribution in [1.82, 2.24) is 5.32 Å². The summed E-state index contributed by atoms with van der Waals surface area (Å²) in [4.78, 5) is 11.1. The highest BCUT2D eigenvalue weighted by Crippen LogP contribution is 2.14. The van der Waals surface area contributed by atoms with E-state index >= 15 is 0 Å². The lowest BCUT2D eigenvalue weighted by atomic mass is 10.2. The Hall–Kier alpha value is -0.390. The Morgan fingerprint density at radius 3 is 3.07 bits per heavy atom. The first kappa shape index (κ1) is 11.7. The first-order chi connectivity index (χ1) is 6.74. The molecule has 0 saturated carbocycles. The molecular formula is C9H12BrNO2S. The maximum atomic E-state index is 11.1. The van der Waals surface area contributed by atoms with Crippen molar-refractivity contribution >= 4 is 33.2 Å². The van der Waals surface area contributed by atoms with Crippen LogP contribution in [0.15, 0.2) is 16.8 Å². The molecule has 1 unspecified atom stereocenters. The Kier molecular flexibility index (Phi) is 5.14. The second-order valence-electron chi connectivity index (χ2n) is 2.82. The summed E-state index contributed by atoms with van der Waals surface area (Å²) in [6, 6.07) is 1.85. The quantitative estimate of drug-likeness (QED) is 0.805. The molecule has 3 nitrogen and oxygen atoms in total. The highest BCUT2D eigenvalue weighted by atomic mass is 79.9. The summed E-state index contributed by atoms with van der Waals surface area (Å²) in [5, 5.41) is 16.7. The third-order valence-electron chi connectivity index (χ3n) is 1.74. The van der Waals surface area contributed by atoms with Crippen LogP contribution in [0.2, 0.25) is 0 Å². The molecule has 0 radical (unpaired) electrons. The molecular weight excluding hydrogens is 266 g/mol. The molecule has 78 valence electrons. The summed E-state index contributed by atoms with van der Waals surface area (Å²) >= 11 is 4.71. The van der Waals surface area contributed by atoms with E-state index in [-0.39, 0.29) is 12.5 Å². The second-order valence-corrected chi connectivity index (χ2v) is 4.39. The van der Waals surface area contributed by atoms with Crippen molar-refractivity contribution in [1.29, 1.82) is 0 Å². The van der Waals surface area contributed by atoms with Gasteiger partial charge in [-0.25, -0.2) is 0 Å². The van der Waals surface area contributed by atoms with Crippen molar-refractivity contribution in [3.8, 4) is 0 Å². The second kappa shape index (κ2) is 6.16. The zero-order valence-electron chi connectivity index (χ0n) is 7.57. The lowest BCUT2D eigenvalue weighted by molar-refractivity contribution is -0.121. The Balaban J connectivity index is 2.28. The van der Waals surface area contributed by atoms with Gasteiger partial charge in [0.2, 0.25) is 5.91 Å². The number of aliphatic hydroxyl groups excluding tert-OH is 1. The number of hydrogen-bond donors (Lipinski definition) is 2. The summed E-state index contributed by atoms with van der Waals surface area (Å²) < 4.78 is 0. The zero-order chi connectivity index (χ0) is 10.4. The normalized spacial score (nSPS) is 12.4. The van der Waals surface area contributed by atoms with Crippen molar-refractivity contribution in [2.45, 2.75) is 12.5 Å². The Morgan fingerprint density at radius 2 is 2.50 bits per heavy atom. The minimum Gasteiger partial charge on any atom is -0.387 e. The predicted molar refractivity (Wildman–Crippen MR) is 60.7 cm³/mol. The van der Waals surface area contributed by atoms with Gasteiger partial charge in [0.25, 0.3) is 0 Å². The molecule has 1 atom stereocenters. The molecule has 1 rings (SSSR count). The monoisotopic (exact) mass is 277 g/mol. The van der Waals surface area contributed by atoms with Gasteiger partial charge in [-0.1, -0.05) is 15.9 Å². The number of aliphatic hydroxyl groups is 1. The van der Waals surface area contributed by atoms with E-state index < -0.39 is 6.10 Å². The van der Waals surface area contributed by atoms with Gasteiger partial charge in [0, 0.05) is 18.3 Å². The lowest BCUT2D eigenvalue weighted by Crippen LogP contribution is -2.28. The number of nitrogens with one attached hydrogen (secondary N) is 1. The van der Waals surface area contributed by atoms with Crippen LogP contribution in [0, 0.1) is 0 Å². The average Bonchev–Trinajstić information content (AvgIpc) is 2.67. The van der Waals surface area contributed by atoms with Gasteiger partial charge in [-0.05, 0) is 22.4 Å². The van der Waals surface area contributed by atoms with Crippen molar-refractivity contribution in [2.75, 3.05) is 11.9 Å². The molecule has 14 heavy (non-hydrogen) atoms. The number of carbonyl (C=O) groups is 1. The van der Waals surface area contributed by atoms with Gasteiger partial charge < -0.3 is 10.4 Å². The lowest BCUT2D eigenvalue weighted by Gasteiger charge is -2.09. The first-order valence-electron chi connectivity index (χ1n) is 4.27. The van der Waals surface area contributed by atoms with Gasteiger partial charge in [0.05, 0.1) is 6.10 Å². The smallest absolute Gasteiger partial charge is 0.220 e. The van der Waals surface area contributed by atoms with E-state index in [0.717, 1.165) is 5.56 Å². The fourth-order valence-electron chi connectivity index (χ4n) is 0.967. The first-order valence-corrected chi connectivity index (χ1v) is 6.33. The van der Waals surface area contributed by atoms with E-state index in [1.54, 1.807) is 0 Å². The molecule has 1 amide bonds. The number of hydrogen-bond acceptors (Lipinski definition) is 3. The fraction of sp³-hybridized carbons (Fsp3) is 0.444. The van der Waals surface area contributed by atoms with Gasteiger partial charge in [0.15, 0.2) is 0 Å². The van der Waals surface area contributed by atoms with Gasteiger partial charge in [-0.15, -0.1) is 0 Å². The molecule has 0 saturated heterocycles. The number of amides is 1. The van der Waals surface area contributed by atoms with Gasteiger partial charge in [-0.2, -0.15) is 11.3 Å². The molecule has 0 fully saturated rings. The topological polar surface area (TPSA) is 49.3 Å². The Labute approximate surface area is 95.3 Å². The van der Waals surface area contributed by atoms with E-state index in [9.17, 15) is 9.90 Å². The highest BCUT2D eigenvalue weighted by molar-refractivity contribution is 9.09. The molecule has 1 aromatic rings. The third kappa shape index (κ3) is 3.77. The summed E-state index contributed by atoms with van der Waals surface area (Å²) in [6.07, 6.45) is -0.156. The van der Waals surface area contributed by atoms with Crippen LogP contribution in [-0.2, 0) is 4.79 Å². The average molecular weight is 278 g/mol. The largest absolute Gasteiger partial charge is 0.387 e. The molecule has 0 aromatic carbocycles. The van der Waals surface area contributed by atoms with Gasteiger partial charge in [-0.3, -0.25) is 4.79 Å². The number of halogens is 1. The van der Waals surface area contributed by atoms with Crippen LogP contribution in [-0.4, -0.2) is 22.9 Å². The van der Waals surface area contributed by atoms with E-state index in [1.807, 2.05) is 16.8 Å². The van der Waals surface area contributed by atoms with Crippen LogP contribution in [0.1, 0.15) is 18.1 Å². The van der Waals surface area contributed by atoms with Crippen LogP contribution in [0.25, 0.3) is 0 Å². The highest BCUT2D eigenvalue weighted by Gasteiger charge is 2.08. The van der Waals surface area contributed by atoms with E-state index in [4.69, 9.17) is 0 Å². The predicted octanol–water partition coefficient (Wildman–Crippen LogP) is 1.68. The van der Waals surface area contributed by atoms with Crippen molar-refractivity contribution in [3.05, 3.63) is 22.4 Å². The number of rotatable bonds is 5. The van der Waals surface area contributed by atoms with Crippen LogP contribution in [0.3, 0.4) is 0 Å². The zero-order valence-corrected chi connectivity index (χ0v) is 9.97. The van der Waals surface area contributed by atoms with Crippen LogP contribution in [0.4, 0.5) is 0 Å². The Morgan fingerprint density at radius 1 is 1.71 bits per heavy atom. The summed E-state index contributed by atoms with van der Waals surface area (Å²) in [5.41, 5.74) is 0.856. The molecule has 0 spiro atoms. The maximum Gasteiger partial charge on any atom is 0.220 e.